The summed E-state index contributed by atoms with van der Waals surface area (Å²) in [6, 6.07) is 6.06. The summed E-state index contributed by atoms with van der Waals surface area (Å²) in [7, 11) is 0. The van der Waals surface area contributed by atoms with Crippen LogP contribution >= 0.6 is 11.6 Å². The molecule has 7 heteroatoms. The average Bonchev–Trinajstić information content (AvgIpc) is 2.71. The monoisotopic (exact) mass is 298 g/mol. The van der Waals surface area contributed by atoms with Crippen molar-refractivity contribution in [2.45, 2.75) is 24.5 Å². The minimum atomic E-state index is -1.52. The average molecular weight is 299 g/mol. The Morgan fingerprint density at radius 1 is 1.35 bits per heavy atom. The Morgan fingerprint density at radius 3 is 2.45 bits per heavy atom. The number of carbonyl (C=O) groups is 2. The zero-order valence-corrected chi connectivity index (χ0v) is 11.4. The largest absolute Gasteiger partial charge is 0.480 e. The Balaban J connectivity index is 2.18. The van der Waals surface area contributed by atoms with Crippen molar-refractivity contribution in [1.82, 2.24) is 4.90 Å². The van der Waals surface area contributed by atoms with Crippen LogP contribution in [0.5, 0.6) is 0 Å². The molecule has 2 atom stereocenters. The lowest BCUT2D eigenvalue weighted by molar-refractivity contribution is -0.142. The lowest BCUT2D eigenvalue weighted by Crippen LogP contribution is -2.50. The fourth-order valence-corrected chi connectivity index (χ4v) is 2.53. The van der Waals surface area contributed by atoms with Gasteiger partial charge in [0.25, 0.3) is 0 Å². The summed E-state index contributed by atoms with van der Waals surface area (Å²) in [6.45, 7) is 0.322. The highest BCUT2D eigenvalue weighted by Crippen LogP contribution is 2.27. The predicted molar refractivity (Wildman–Crippen MR) is 72.5 cm³/mol. The second kappa shape index (κ2) is 5.40. The summed E-state index contributed by atoms with van der Waals surface area (Å²) < 4.78 is 0. The van der Waals surface area contributed by atoms with E-state index in [1.54, 1.807) is 29.2 Å². The van der Waals surface area contributed by atoms with Gasteiger partial charge in [-0.2, -0.15) is 0 Å². The van der Waals surface area contributed by atoms with Gasteiger partial charge in [0, 0.05) is 24.5 Å². The Bertz CT molecular complexity index is 534. The van der Waals surface area contributed by atoms with Crippen LogP contribution in [0.25, 0.3) is 0 Å². The number of benzene rings is 1. The van der Waals surface area contributed by atoms with Crippen molar-refractivity contribution >= 4 is 23.5 Å². The maximum Gasteiger partial charge on any atom is 0.325 e. The third-order valence-electron chi connectivity index (χ3n) is 3.49. The third-order valence-corrected chi connectivity index (χ3v) is 3.75. The lowest BCUT2D eigenvalue weighted by Gasteiger charge is -2.21. The van der Waals surface area contributed by atoms with Crippen LogP contribution in [-0.2, 0) is 16.1 Å². The van der Waals surface area contributed by atoms with Crippen molar-refractivity contribution in [3.63, 3.8) is 0 Å². The molecule has 1 aromatic carbocycles. The number of aliphatic carboxylic acids is 2. The molecule has 6 nitrogen and oxygen atoms in total. The maximum absolute atomic E-state index is 11.3. The summed E-state index contributed by atoms with van der Waals surface area (Å²) in [4.78, 5) is 24.0. The molecule has 0 bridgehead atoms. The normalized spacial score (nSPS) is 26.6. The van der Waals surface area contributed by atoms with E-state index in [1.807, 2.05) is 0 Å². The SMILES string of the molecule is NC1(C(=O)O)CC(C(=O)O)N(Cc2ccc(Cl)cc2)C1. The molecule has 1 saturated heterocycles. The highest BCUT2D eigenvalue weighted by atomic mass is 35.5. The topological polar surface area (TPSA) is 104 Å². The van der Waals surface area contributed by atoms with Crippen molar-refractivity contribution in [3.05, 3.63) is 34.9 Å². The Labute approximate surface area is 120 Å². The summed E-state index contributed by atoms with van der Waals surface area (Å²) in [5.74, 6) is -2.24. The molecule has 1 fully saturated rings. The first-order valence-corrected chi connectivity index (χ1v) is 6.43. The first kappa shape index (κ1) is 14.8. The molecule has 2 unspecified atom stereocenters. The number of carboxylic acid groups (broad SMARTS) is 2. The Kier molecular flexibility index (Phi) is 3.99. The van der Waals surface area contributed by atoms with Crippen LogP contribution in [0.2, 0.25) is 5.02 Å². The molecule has 1 aromatic rings. The zero-order chi connectivity index (χ0) is 14.9. The fourth-order valence-electron chi connectivity index (χ4n) is 2.40. The van der Waals surface area contributed by atoms with Gasteiger partial charge in [0.05, 0.1) is 0 Å². The second-order valence-electron chi connectivity index (χ2n) is 5.05. The molecule has 0 saturated carbocycles. The molecule has 0 aromatic heterocycles. The van der Waals surface area contributed by atoms with E-state index >= 15 is 0 Å². The number of rotatable bonds is 4. The van der Waals surface area contributed by atoms with Gasteiger partial charge in [0.2, 0.25) is 0 Å². The first-order valence-electron chi connectivity index (χ1n) is 6.05. The van der Waals surface area contributed by atoms with Crippen molar-refractivity contribution in [2.75, 3.05) is 6.54 Å². The Hall–Kier alpha value is -1.63. The molecule has 0 aliphatic carbocycles. The quantitative estimate of drug-likeness (QED) is 0.759. The van der Waals surface area contributed by atoms with Crippen LogP contribution in [0.15, 0.2) is 24.3 Å². The van der Waals surface area contributed by atoms with Crippen LogP contribution in [-0.4, -0.2) is 45.2 Å². The molecule has 0 spiro atoms. The molecule has 1 aliphatic heterocycles. The molecular formula is C13H15ClN2O4. The number of halogens is 1. The van der Waals surface area contributed by atoms with Gasteiger partial charge in [-0.15, -0.1) is 0 Å². The molecule has 2 rings (SSSR count). The van der Waals surface area contributed by atoms with Gasteiger partial charge in [0.15, 0.2) is 0 Å². The van der Waals surface area contributed by atoms with E-state index in [-0.39, 0.29) is 13.0 Å². The number of nitrogens with zero attached hydrogens (tertiary/aromatic N) is 1. The summed E-state index contributed by atoms with van der Waals surface area (Å²) in [5.41, 5.74) is 5.11. The summed E-state index contributed by atoms with van der Waals surface area (Å²) in [6.07, 6.45) is -0.106. The van der Waals surface area contributed by atoms with Crippen LogP contribution in [0.1, 0.15) is 12.0 Å². The summed E-state index contributed by atoms with van der Waals surface area (Å²) >= 11 is 5.79. The fraction of sp³-hybridized carbons (Fsp3) is 0.385. The maximum atomic E-state index is 11.3. The smallest absolute Gasteiger partial charge is 0.325 e. The van der Waals surface area contributed by atoms with Crippen molar-refractivity contribution in [2.24, 2.45) is 5.73 Å². The van der Waals surface area contributed by atoms with E-state index in [4.69, 9.17) is 22.4 Å². The van der Waals surface area contributed by atoms with Gasteiger partial charge in [-0.1, -0.05) is 23.7 Å². The van der Waals surface area contributed by atoms with Gasteiger partial charge >= 0.3 is 11.9 Å². The van der Waals surface area contributed by atoms with Crippen LogP contribution in [0, 0.1) is 0 Å². The molecule has 20 heavy (non-hydrogen) atoms. The van der Waals surface area contributed by atoms with E-state index in [0.29, 0.717) is 11.6 Å². The van der Waals surface area contributed by atoms with Crippen molar-refractivity contribution < 1.29 is 19.8 Å². The van der Waals surface area contributed by atoms with Crippen molar-refractivity contribution in [3.8, 4) is 0 Å². The predicted octanol–water partition coefficient (Wildman–Crippen LogP) is 0.781. The van der Waals surface area contributed by atoms with Crippen LogP contribution < -0.4 is 5.73 Å². The standard InChI is InChI=1S/C13H15ClN2O4/c14-9-3-1-8(2-4-9)6-16-7-13(15,12(19)20)5-10(16)11(17)18/h1-4,10H,5-7,15H2,(H,17,18)(H,19,20). The minimum absolute atomic E-state index is 0.00191. The van der Waals surface area contributed by atoms with Gasteiger partial charge in [-0.05, 0) is 17.7 Å². The molecule has 0 radical (unpaired) electrons. The second-order valence-corrected chi connectivity index (χ2v) is 5.49. The number of likely N-dealkylation sites (tertiary alicyclic amines) is 1. The molecular weight excluding hydrogens is 284 g/mol. The van der Waals surface area contributed by atoms with Gasteiger partial charge < -0.3 is 15.9 Å². The zero-order valence-electron chi connectivity index (χ0n) is 10.6. The molecule has 1 heterocycles. The first-order chi connectivity index (χ1) is 9.32. The Morgan fingerprint density at radius 2 is 1.95 bits per heavy atom. The third kappa shape index (κ3) is 2.92. The van der Waals surface area contributed by atoms with Crippen molar-refractivity contribution in [1.29, 1.82) is 0 Å². The van der Waals surface area contributed by atoms with Crippen LogP contribution in [0.4, 0.5) is 0 Å². The minimum Gasteiger partial charge on any atom is -0.480 e. The molecule has 4 N–H and O–H groups in total. The van der Waals surface area contributed by atoms with Gasteiger partial charge in [-0.25, -0.2) is 0 Å². The molecule has 0 amide bonds. The highest BCUT2D eigenvalue weighted by molar-refractivity contribution is 6.30. The van der Waals surface area contributed by atoms with Crippen LogP contribution in [0.3, 0.4) is 0 Å². The number of nitrogens with two attached hydrogens (primary N) is 1. The number of carboxylic acids is 2. The summed E-state index contributed by atoms with van der Waals surface area (Å²) in [5, 5.41) is 18.9. The van der Waals surface area contributed by atoms with Gasteiger partial charge in [-0.3, -0.25) is 14.5 Å². The van der Waals surface area contributed by atoms with E-state index in [9.17, 15) is 14.7 Å². The van der Waals surface area contributed by atoms with Gasteiger partial charge in [0.1, 0.15) is 11.6 Å². The highest BCUT2D eigenvalue weighted by Gasteiger charge is 2.49. The number of hydrogen-bond donors (Lipinski definition) is 3. The number of hydrogen-bond acceptors (Lipinski definition) is 4. The molecule has 1 aliphatic rings. The van der Waals surface area contributed by atoms with E-state index in [0.717, 1.165) is 5.56 Å². The molecule has 108 valence electrons. The lowest BCUT2D eigenvalue weighted by atomic mass is 9.98. The van der Waals surface area contributed by atoms with E-state index in [1.165, 1.54) is 0 Å². The van der Waals surface area contributed by atoms with E-state index in [2.05, 4.69) is 0 Å². The van der Waals surface area contributed by atoms with E-state index < -0.39 is 23.5 Å².